The number of allylic oxidation sites excluding steroid dienone is 2. The maximum atomic E-state index is 4.36. The van der Waals surface area contributed by atoms with E-state index in [1.807, 2.05) is 24.3 Å². The summed E-state index contributed by atoms with van der Waals surface area (Å²) in [5, 5.41) is 13.9. The summed E-state index contributed by atoms with van der Waals surface area (Å²) < 4.78 is 0. The van der Waals surface area contributed by atoms with Crippen molar-refractivity contribution >= 4 is 68.4 Å². The Labute approximate surface area is 245 Å². The van der Waals surface area contributed by atoms with Crippen LogP contribution < -0.4 is 20.9 Å². The van der Waals surface area contributed by atoms with Crippen molar-refractivity contribution < 1.29 is 0 Å². The van der Waals surface area contributed by atoms with E-state index in [1.165, 1.54) is 49.0 Å². The minimum atomic E-state index is 0.914. The first-order valence-corrected chi connectivity index (χ1v) is 14.2. The van der Waals surface area contributed by atoms with E-state index in [2.05, 4.69) is 136 Å². The Hall–Kier alpha value is -5.46. The fourth-order valence-corrected chi connectivity index (χ4v) is 6.41. The van der Waals surface area contributed by atoms with Gasteiger partial charge in [0.2, 0.25) is 0 Å². The molecule has 0 nitrogen and oxygen atoms in total. The first-order chi connectivity index (χ1) is 20.6. The molecule has 0 aliphatic heterocycles. The SMILES string of the molecule is C=C/C=c1\c(=C)c(=C)/c(=C\C=C)c2cc(-c3cccc(-c4ccc5c6ccccc6c6ccccc6c5c4)c3)ccc12. The fourth-order valence-electron chi connectivity index (χ4n) is 6.41. The standard InChI is InChI=1S/C42H30/c1-5-12-33-27(3)28(4)34(13-6-2)41-25-31(20-22-39(33)41)29-14-11-15-30(24-29)32-21-23-40-37-18-8-7-16-35(37)36-17-9-10-19-38(36)42(40)26-32/h5-26H,1-4H2/b33-12+,34-13+. The third kappa shape index (κ3) is 4.00. The molecule has 7 aromatic rings. The smallest absolute Gasteiger partial charge is 0.00928 e. The molecule has 0 heteroatoms. The van der Waals surface area contributed by atoms with Gasteiger partial charge >= 0.3 is 0 Å². The third-order valence-electron chi connectivity index (χ3n) is 8.46. The molecule has 0 unspecified atom stereocenters. The highest BCUT2D eigenvalue weighted by molar-refractivity contribution is 6.25. The summed E-state index contributed by atoms with van der Waals surface area (Å²) in [6.07, 6.45) is 7.68. The topological polar surface area (TPSA) is 0 Å². The maximum Gasteiger partial charge on any atom is -0.00928 e. The van der Waals surface area contributed by atoms with Gasteiger partial charge in [0, 0.05) is 0 Å². The van der Waals surface area contributed by atoms with Gasteiger partial charge in [0.15, 0.2) is 0 Å². The summed E-state index contributed by atoms with van der Waals surface area (Å²) in [4.78, 5) is 0. The number of fused-ring (bicyclic) bond motifs is 7. The van der Waals surface area contributed by atoms with Crippen molar-refractivity contribution in [1.29, 1.82) is 0 Å². The minimum absolute atomic E-state index is 0.914. The van der Waals surface area contributed by atoms with Crippen molar-refractivity contribution in [1.82, 2.24) is 0 Å². The van der Waals surface area contributed by atoms with E-state index in [1.54, 1.807) is 0 Å². The molecule has 198 valence electrons. The highest BCUT2D eigenvalue weighted by atomic mass is 14.1. The average Bonchev–Trinajstić information content (AvgIpc) is 3.05. The van der Waals surface area contributed by atoms with Gasteiger partial charge in [-0.25, -0.2) is 0 Å². The van der Waals surface area contributed by atoms with E-state index in [0.29, 0.717) is 0 Å². The third-order valence-corrected chi connectivity index (χ3v) is 8.46. The van der Waals surface area contributed by atoms with Crippen LogP contribution in [-0.2, 0) is 0 Å². The first-order valence-electron chi connectivity index (χ1n) is 14.2. The zero-order valence-electron chi connectivity index (χ0n) is 23.5. The van der Waals surface area contributed by atoms with Crippen LogP contribution in [0.5, 0.6) is 0 Å². The van der Waals surface area contributed by atoms with E-state index in [4.69, 9.17) is 0 Å². The van der Waals surface area contributed by atoms with Crippen LogP contribution in [-0.4, -0.2) is 0 Å². The van der Waals surface area contributed by atoms with Crippen LogP contribution in [0.2, 0.25) is 0 Å². The quantitative estimate of drug-likeness (QED) is 0.199. The van der Waals surface area contributed by atoms with Crippen LogP contribution in [0, 0.1) is 0 Å². The molecule has 0 aromatic heterocycles. The Morgan fingerprint density at radius 3 is 1.29 bits per heavy atom. The molecule has 7 aromatic carbocycles. The van der Waals surface area contributed by atoms with Gasteiger partial charge in [-0.05, 0) is 104 Å². The van der Waals surface area contributed by atoms with Crippen molar-refractivity contribution in [3.63, 3.8) is 0 Å². The lowest BCUT2D eigenvalue weighted by Crippen LogP contribution is -2.47. The van der Waals surface area contributed by atoms with Gasteiger partial charge in [0.1, 0.15) is 0 Å². The Morgan fingerprint density at radius 1 is 0.357 bits per heavy atom. The minimum Gasteiger partial charge on any atom is -0.0990 e. The Balaban J connectivity index is 1.43. The summed E-state index contributed by atoms with van der Waals surface area (Å²) in [5.74, 6) is 0. The van der Waals surface area contributed by atoms with Gasteiger partial charge in [0.05, 0.1) is 0 Å². The molecule has 0 N–H and O–H groups in total. The summed E-state index contributed by atoms with van der Waals surface area (Å²) in [6, 6.07) is 39.8. The second kappa shape index (κ2) is 10.2. The van der Waals surface area contributed by atoms with Gasteiger partial charge < -0.3 is 0 Å². The molecular weight excluding hydrogens is 504 g/mol. The molecule has 0 atom stereocenters. The van der Waals surface area contributed by atoms with Gasteiger partial charge in [-0.2, -0.15) is 0 Å². The number of hydrogen-bond acceptors (Lipinski definition) is 0. The molecule has 0 radical (unpaired) electrons. The molecule has 0 saturated heterocycles. The maximum absolute atomic E-state index is 4.36. The van der Waals surface area contributed by atoms with Crippen LogP contribution in [0.15, 0.2) is 135 Å². The van der Waals surface area contributed by atoms with E-state index in [9.17, 15) is 0 Å². The van der Waals surface area contributed by atoms with Crippen molar-refractivity contribution in [2.75, 3.05) is 0 Å². The van der Waals surface area contributed by atoms with Crippen LogP contribution >= 0.6 is 0 Å². The molecule has 0 saturated carbocycles. The fraction of sp³-hybridized carbons (Fsp3) is 0. The van der Waals surface area contributed by atoms with Crippen LogP contribution in [0.25, 0.3) is 90.7 Å². The van der Waals surface area contributed by atoms with E-state index < -0.39 is 0 Å². The average molecular weight is 535 g/mol. The largest absolute Gasteiger partial charge is 0.0990 e. The Morgan fingerprint density at radius 2 is 0.762 bits per heavy atom. The zero-order chi connectivity index (χ0) is 28.8. The monoisotopic (exact) mass is 534 g/mol. The molecule has 0 aliphatic carbocycles. The summed E-state index contributed by atoms with van der Waals surface area (Å²) in [6.45, 7) is 16.5. The molecule has 0 heterocycles. The van der Waals surface area contributed by atoms with Crippen molar-refractivity contribution in [2.24, 2.45) is 0 Å². The number of rotatable bonds is 4. The molecule has 42 heavy (non-hydrogen) atoms. The van der Waals surface area contributed by atoms with Crippen molar-refractivity contribution in [3.8, 4) is 22.3 Å². The van der Waals surface area contributed by atoms with Gasteiger partial charge in [0.25, 0.3) is 0 Å². The van der Waals surface area contributed by atoms with Gasteiger partial charge in [-0.3, -0.25) is 0 Å². The predicted octanol–water partition coefficient (Wildman–Crippen LogP) is 8.39. The van der Waals surface area contributed by atoms with E-state index >= 15 is 0 Å². The Bertz CT molecular complexity index is 2440. The first kappa shape index (κ1) is 25.5. The molecule has 0 fully saturated rings. The number of hydrogen-bond donors (Lipinski definition) is 0. The molecule has 0 amide bonds. The molecular formula is C42H30. The molecule has 0 bridgehead atoms. The lowest BCUT2D eigenvalue weighted by molar-refractivity contribution is 1.47. The highest BCUT2D eigenvalue weighted by Gasteiger charge is 2.11. The van der Waals surface area contributed by atoms with E-state index in [-0.39, 0.29) is 0 Å². The van der Waals surface area contributed by atoms with Crippen LogP contribution in [0.1, 0.15) is 0 Å². The zero-order valence-corrected chi connectivity index (χ0v) is 23.5. The van der Waals surface area contributed by atoms with Crippen molar-refractivity contribution in [2.45, 2.75) is 0 Å². The summed E-state index contributed by atoms with van der Waals surface area (Å²) in [5.41, 5.74) is 4.72. The summed E-state index contributed by atoms with van der Waals surface area (Å²) >= 11 is 0. The van der Waals surface area contributed by atoms with Crippen LogP contribution in [0.3, 0.4) is 0 Å². The second-order valence-corrected chi connectivity index (χ2v) is 10.8. The number of benzene rings is 7. The normalized spacial score (nSPS) is 12.5. The second-order valence-electron chi connectivity index (χ2n) is 10.8. The van der Waals surface area contributed by atoms with E-state index in [0.717, 1.165) is 37.2 Å². The molecule has 0 spiro atoms. The lowest BCUT2D eigenvalue weighted by atomic mass is 9.91. The Kier molecular flexibility index (Phi) is 6.18. The summed E-state index contributed by atoms with van der Waals surface area (Å²) in [7, 11) is 0. The predicted molar refractivity (Wildman–Crippen MR) is 186 cm³/mol. The molecule has 7 rings (SSSR count). The van der Waals surface area contributed by atoms with Crippen molar-refractivity contribution in [3.05, 3.63) is 155 Å². The van der Waals surface area contributed by atoms with Gasteiger partial charge in [-0.1, -0.05) is 142 Å². The highest BCUT2D eigenvalue weighted by Crippen LogP contribution is 2.37. The molecule has 0 aliphatic rings. The van der Waals surface area contributed by atoms with Crippen LogP contribution in [0.4, 0.5) is 0 Å². The lowest BCUT2D eigenvalue weighted by Gasteiger charge is -2.13. The van der Waals surface area contributed by atoms with Gasteiger partial charge in [-0.15, -0.1) is 0 Å².